The lowest BCUT2D eigenvalue weighted by Crippen LogP contribution is -2.17. The standard InChI is InChI=1S/C28H18ClF3N6O4/c1-41-26(40)20-10-9-19(12-22(20)29)42-27-34-13-17(14-35-27)16-5-7-18(8-6-16)36-25(39)21-15-38(23-4-2-3-11-33-23)37-24(21)28(30,31)32/h2-15H,1H3,(H,36,39). The van der Waals surface area contributed by atoms with Gasteiger partial charge in [0.15, 0.2) is 11.5 Å². The Bertz CT molecular complexity index is 1750. The molecule has 0 atom stereocenters. The number of halogens is 4. The second-order valence-corrected chi connectivity index (χ2v) is 8.95. The SMILES string of the molecule is COC(=O)c1ccc(Oc2ncc(-c3ccc(NC(=O)c4cn(-c5ccccn5)nc4C(F)(F)F)cc3)cn2)cc1Cl. The molecule has 0 aliphatic rings. The van der Waals surface area contributed by atoms with E-state index in [-0.39, 0.29) is 28.1 Å². The van der Waals surface area contributed by atoms with E-state index in [0.29, 0.717) is 16.9 Å². The fourth-order valence-corrected chi connectivity index (χ4v) is 4.01. The molecule has 0 bridgehead atoms. The Morgan fingerprint density at radius 3 is 2.29 bits per heavy atom. The van der Waals surface area contributed by atoms with Crippen molar-refractivity contribution in [3.63, 3.8) is 0 Å². The quantitative estimate of drug-likeness (QED) is 0.220. The monoisotopic (exact) mass is 594 g/mol. The number of nitrogens with one attached hydrogen (secondary N) is 1. The van der Waals surface area contributed by atoms with Crippen LogP contribution in [0.2, 0.25) is 5.02 Å². The van der Waals surface area contributed by atoms with Gasteiger partial charge in [0.2, 0.25) is 0 Å². The second-order valence-electron chi connectivity index (χ2n) is 8.54. The minimum Gasteiger partial charge on any atom is -0.465 e. The van der Waals surface area contributed by atoms with Crippen LogP contribution < -0.4 is 10.1 Å². The number of esters is 1. The molecule has 5 aromatic rings. The molecule has 3 aromatic heterocycles. The Labute approximate surface area is 240 Å². The molecule has 0 aliphatic carbocycles. The number of anilines is 1. The first-order valence-electron chi connectivity index (χ1n) is 12.0. The van der Waals surface area contributed by atoms with Gasteiger partial charge in [0, 0.05) is 42.1 Å². The fourth-order valence-electron chi connectivity index (χ4n) is 3.76. The fraction of sp³-hybridized carbons (Fsp3) is 0.0714. The normalized spacial score (nSPS) is 11.2. The number of aromatic nitrogens is 5. The van der Waals surface area contributed by atoms with Crippen LogP contribution in [0, 0.1) is 0 Å². The molecular formula is C28H18ClF3N6O4. The molecule has 0 saturated carbocycles. The summed E-state index contributed by atoms with van der Waals surface area (Å²) in [7, 11) is 1.25. The van der Waals surface area contributed by atoms with E-state index in [1.54, 1.807) is 24.3 Å². The summed E-state index contributed by atoms with van der Waals surface area (Å²) in [5.41, 5.74) is -0.261. The van der Waals surface area contributed by atoms with Crippen LogP contribution in [0.5, 0.6) is 11.8 Å². The van der Waals surface area contributed by atoms with E-state index in [0.717, 1.165) is 10.9 Å². The summed E-state index contributed by atoms with van der Waals surface area (Å²) >= 11 is 6.10. The van der Waals surface area contributed by atoms with Gasteiger partial charge >= 0.3 is 18.2 Å². The molecule has 1 amide bonds. The predicted molar refractivity (Wildman–Crippen MR) is 145 cm³/mol. The Morgan fingerprint density at radius 1 is 0.929 bits per heavy atom. The van der Waals surface area contributed by atoms with Crippen molar-refractivity contribution in [2.45, 2.75) is 6.18 Å². The van der Waals surface area contributed by atoms with E-state index in [9.17, 15) is 22.8 Å². The first kappa shape index (κ1) is 28.2. The summed E-state index contributed by atoms with van der Waals surface area (Å²) in [4.78, 5) is 36.8. The number of methoxy groups -OCH3 is 1. The van der Waals surface area contributed by atoms with Crippen molar-refractivity contribution in [1.29, 1.82) is 0 Å². The number of nitrogens with zero attached hydrogens (tertiary/aromatic N) is 5. The summed E-state index contributed by atoms with van der Waals surface area (Å²) in [6.07, 6.45) is 0.534. The summed E-state index contributed by atoms with van der Waals surface area (Å²) < 4.78 is 52.0. The van der Waals surface area contributed by atoms with Crippen molar-refractivity contribution in [3.05, 3.63) is 107 Å². The zero-order chi connectivity index (χ0) is 29.9. The zero-order valence-corrected chi connectivity index (χ0v) is 22.2. The van der Waals surface area contributed by atoms with Gasteiger partial charge in [-0.1, -0.05) is 29.8 Å². The molecule has 0 unspecified atom stereocenters. The number of rotatable bonds is 7. The molecule has 3 heterocycles. The van der Waals surface area contributed by atoms with Gasteiger partial charge in [0.25, 0.3) is 5.91 Å². The van der Waals surface area contributed by atoms with E-state index in [1.165, 1.54) is 62.1 Å². The number of alkyl halides is 3. The van der Waals surface area contributed by atoms with Crippen molar-refractivity contribution in [2.24, 2.45) is 0 Å². The highest BCUT2D eigenvalue weighted by atomic mass is 35.5. The van der Waals surface area contributed by atoms with E-state index in [2.05, 4.69) is 30.1 Å². The van der Waals surface area contributed by atoms with Crippen molar-refractivity contribution < 1.29 is 32.2 Å². The van der Waals surface area contributed by atoms with Crippen LogP contribution in [-0.4, -0.2) is 43.7 Å². The van der Waals surface area contributed by atoms with Gasteiger partial charge in [0.1, 0.15) is 5.75 Å². The van der Waals surface area contributed by atoms with Crippen LogP contribution in [0.1, 0.15) is 26.4 Å². The molecule has 1 N–H and O–H groups in total. The highest BCUT2D eigenvalue weighted by Gasteiger charge is 2.39. The smallest absolute Gasteiger partial charge is 0.435 e. The molecule has 10 nitrogen and oxygen atoms in total. The Balaban J connectivity index is 1.27. The third-order valence-corrected chi connectivity index (χ3v) is 6.08. The lowest BCUT2D eigenvalue weighted by molar-refractivity contribution is -0.141. The van der Waals surface area contributed by atoms with Gasteiger partial charge in [-0.25, -0.2) is 24.4 Å². The number of benzene rings is 2. The first-order valence-corrected chi connectivity index (χ1v) is 12.4. The third kappa shape index (κ3) is 6.20. The lowest BCUT2D eigenvalue weighted by Gasteiger charge is -2.09. The number of carbonyl (C=O) groups is 2. The van der Waals surface area contributed by atoms with Gasteiger partial charge in [-0.3, -0.25) is 4.79 Å². The number of pyridine rings is 1. The van der Waals surface area contributed by atoms with E-state index >= 15 is 0 Å². The van der Waals surface area contributed by atoms with Crippen LogP contribution in [0.3, 0.4) is 0 Å². The van der Waals surface area contributed by atoms with Crippen LogP contribution in [0.15, 0.2) is 85.5 Å². The van der Waals surface area contributed by atoms with E-state index in [4.69, 9.17) is 16.3 Å². The predicted octanol–water partition coefficient (Wildman–Crippen LogP) is 6.23. The summed E-state index contributed by atoms with van der Waals surface area (Å²) in [5, 5.41) is 6.14. The number of ether oxygens (including phenoxy) is 2. The molecule has 5 rings (SSSR count). The molecule has 2 aromatic carbocycles. The Kier molecular flexibility index (Phi) is 7.84. The van der Waals surface area contributed by atoms with Crippen LogP contribution in [0.25, 0.3) is 16.9 Å². The highest BCUT2D eigenvalue weighted by molar-refractivity contribution is 6.33. The zero-order valence-electron chi connectivity index (χ0n) is 21.5. The number of hydrogen-bond donors (Lipinski definition) is 1. The van der Waals surface area contributed by atoms with Crippen LogP contribution in [0.4, 0.5) is 18.9 Å². The van der Waals surface area contributed by atoms with Crippen molar-refractivity contribution in [3.8, 4) is 28.7 Å². The van der Waals surface area contributed by atoms with Gasteiger partial charge in [-0.2, -0.15) is 18.3 Å². The molecule has 0 saturated heterocycles. The van der Waals surface area contributed by atoms with Crippen molar-refractivity contribution in [2.75, 3.05) is 12.4 Å². The van der Waals surface area contributed by atoms with Crippen LogP contribution >= 0.6 is 11.6 Å². The number of amides is 1. The number of hydrogen-bond acceptors (Lipinski definition) is 8. The largest absolute Gasteiger partial charge is 0.465 e. The third-order valence-electron chi connectivity index (χ3n) is 5.77. The molecular weight excluding hydrogens is 577 g/mol. The van der Waals surface area contributed by atoms with Gasteiger partial charge in [0.05, 0.1) is 23.3 Å². The average molecular weight is 595 g/mol. The lowest BCUT2D eigenvalue weighted by atomic mass is 10.1. The number of carbonyl (C=O) groups excluding carboxylic acids is 2. The molecule has 42 heavy (non-hydrogen) atoms. The minimum absolute atomic E-state index is 0.0243. The maximum Gasteiger partial charge on any atom is 0.435 e. The first-order chi connectivity index (χ1) is 20.1. The summed E-state index contributed by atoms with van der Waals surface area (Å²) in [6.45, 7) is 0. The molecule has 14 heteroatoms. The van der Waals surface area contributed by atoms with E-state index in [1.807, 2.05) is 0 Å². The van der Waals surface area contributed by atoms with Crippen molar-refractivity contribution >= 4 is 29.2 Å². The molecule has 0 radical (unpaired) electrons. The summed E-state index contributed by atoms with van der Waals surface area (Å²) in [6, 6.07) is 15.4. The van der Waals surface area contributed by atoms with Gasteiger partial charge < -0.3 is 14.8 Å². The maximum absolute atomic E-state index is 13.6. The van der Waals surface area contributed by atoms with Gasteiger partial charge in [-0.15, -0.1) is 0 Å². The second kappa shape index (κ2) is 11.7. The van der Waals surface area contributed by atoms with Crippen molar-refractivity contribution in [1.82, 2.24) is 24.7 Å². The van der Waals surface area contributed by atoms with E-state index < -0.39 is 29.3 Å². The maximum atomic E-state index is 13.6. The summed E-state index contributed by atoms with van der Waals surface area (Å²) in [5.74, 6) is -1.13. The average Bonchev–Trinajstić information content (AvgIpc) is 3.45. The molecule has 212 valence electrons. The minimum atomic E-state index is -4.86. The molecule has 0 fully saturated rings. The van der Waals surface area contributed by atoms with Gasteiger partial charge in [-0.05, 0) is 42.0 Å². The molecule has 0 spiro atoms. The topological polar surface area (TPSA) is 121 Å². The van der Waals surface area contributed by atoms with Crippen LogP contribution in [-0.2, 0) is 10.9 Å². The Morgan fingerprint density at radius 2 is 1.67 bits per heavy atom. The Hall–Kier alpha value is -5.30. The highest BCUT2D eigenvalue weighted by Crippen LogP contribution is 2.32. The molecule has 0 aliphatic heterocycles.